The highest BCUT2D eigenvalue weighted by Gasteiger charge is 2.28. The topological polar surface area (TPSA) is 35.9 Å². The van der Waals surface area contributed by atoms with Gasteiger partial charge in [-0.25, -0.2) is 0 Å². The molecule has 4 nitrogen and oxygen atoms in total. The van der Waals surface area contributed by atoms with Gasteiger partial charge in [-0.05, 0) is 41.6 Å². The molecule has 142 valence electrons. The zero-order valence-corrected chi connectivity index (χ0v) is 16.9. The van der Waals surface area contributed by atoms with Crippen molar-refractivity contribution in [3.05, 3.63) is 82.2 Å². The third kappa shape index (κ3) is 4.49. The van der Waals surface area contributed by atoms with Crippen molar-refractivity contribution in [1.82, 2.24) is 4.90 Å². The molecular weight excluding hydrogens is 390 g/mol. The van der Waals surface area contributed by atoms with E-state index >= 15 is 0 Å². The van der Waals surface area contributed by atoms with E-state index in [0.717, 1.165) is 36.9 Å². The van der Waals surface area contributed by atoms with E-state index < -0.39 is 0 Å². The predicted octanol–water partition coefficient (Wildman–Crippen LogP) is 4.60. The summed E-state index contributed by atoms with van der Waals surface area (Å²) < 4.78 is 0. The monoisotopic (exact) mass is 409 g/mol. The molecule has 1 amide bonds. The maximum atomic E-state index is 12.3. The third-order valence-corrected chi connectivity index (χ3v) is 5.92. The Balaban J connectivity index is 1.38. The number of carbonyl (C=O) groups is 1. The van der Waals surface area contributed by atoms with Crippen LogP contribution in [0.2, 0.25) is 0 Å². The van der Waals surface area contributed by atoms with E-state index in [2.05, 4.69) is 39.1 Å². The first-order valence-electron chi connectivity index (χ1n) is 9.19. The average Bonchev–Trinajstić information content (AvgIpc) is 3.09. The van der Waals surface area contributed by atoms with Gasteiger partial charge in [-0.15, -0.1) is 0 Å². The number of piperazine rings is 1. The van der Waals surface area contributed by atoms with Crippen LogP contribution < -0.4 is 4.90 Å². The van der Waals surface area contributed by atoms with Crippen molar-refractivity contribution in [2.45, 2.75) is 0 Å². The summed E-state index contributed by atoms with van der Waals surface area (Å²) in [5, 5.41) is 1.29. The van der Waals surface area contributed by atoms with Gasteiger partial charge >= 0.3 is 0 Å². The molecule has 0 aliphatic carbocycles. The Hall–Kier alpha value is -2.50. The van der Waals surface area contributed by atoms with E-state index in [0.29, 0.717) is 9.94 Å². The fourth-order valence-corrected chi connectivity index (χ4v) is 4.46. The molecule has 1 fully saturated rings. The summed E-state index contributed by atoms with van der Waals surface area (Å²) >= 11 is 7.73. The highest BCUT2D eigenvalue weighted by atomic mass is 35.5. The van der Waals surface area contributed by atoms with Gasteiger partial charge in [0.05, 0.1) is 4.91 Å². The molecule has 0 aromatic heterocycles. The van der Waals surface area contributed by atoms with Crippen molar-refractivity contribution >= 4 is 46.2 Å². The number of benzene rings is 2. The molecule has 0 saturated carbocycles. The Morgan fingerprint density at radius 3 is 2.21 bits per heavy atom. The van der Waals surface area contributed by atoms with Crippen LogP contribution in [0.4, 0.5) is 5.69 Å². The summed E-state index contributed by atoms with van der Waals surface area (Å²) in [6.45, 7) is 3.50. The number of anilines is 1. The molecule has 2 aliphatic heterocycles. The maximum absolute atomic E-state index is 12.3. The average molecular weight is 410 g/mol. The zero-order chi connectivity index (χ0) is 19.3. The van der Waals surface area contributed by atoms with Crippen LogP contribution in [0.1, 0.15) is 5.56 Å². The van der Waals surface area contributed by atoms with Crippen LogP contribution in [0.5, 0.6) is 0 Å². The van der Waals surface area contributed by atoms with E-state index in [9.17, 15) is 4.79 Å². The van der Waals surface area contributed by atoms with Crippen LogP contribution in [0.15, 0.2) is 81.7 Å². The molecule has 0 N–H and O–H groups in total. The van der Waals surface area contributed by atoms with Crippen molar-refractivity contribution in [3.8, 4) is 0 Å². The van der Waals surface area contributed by atoms with Gasteiger partial charge < -0.3 is 9.80 Å². The smallest absolute Gasteiger partial charge is 0.286 e. The lowest BCUT2D eigenvalue weighted by Crippen LogP contribution is -2.47. The Kier molecular flexibility index (Phi) is 5.84. The van der Waals surface area contributed by atoms with Gasteiger partial charge in [0.1, 0.15) is 0 Å². The van der Waals surface area contributed by atoms with Gasteiger partial charge in [0, 0.05) is 36.9 Å². The summed E-state index contributed by atoms with van der Waals surface area (Å²) in [4.78, 5) is 21.6. The Morgan fingerprint density at radius 2 is 1.54 bits per heavy atom. The third-order valence-electron chi connectivity index (χ3n) is 4.65. The van der Waals surface area contributed by atoms with Gasteiger partial charge in [-0.3, -0.25) is 4.79 Å². The van der Waals surface area contributed by atoms with Crippen LogP contribution in [-0.4, -0.2) is 42.2 Å². The van der Waals surface area contributed by atoms with Crippen LogP contribution in [0.25, 0.3) is 6.08 Å². The normalized spacial score (nSPS) is 19.3. The largest absolute Gasteiger partial charge is 0.368 e. The minimum Gasteiger partial charge on any atom is -0.368 e. The van der Waals surface area contributed by atoms with Gasteiger partial charge in [-0.1, -0.05) is 60.1 Å². The van der Waals surface area contributed by atoms with E-state index in [-0.39, 0.29) is 5.91 Å². The number of hydrogen-bond acceptors (Lipinski definition) is 4. The Labute approximate surface area is 174 Å². The van der Waals surface area contributed by atoms with Crippen molar-refractivity contribution in [3.63, 3.8) is 0 Å². The highest BCUT2D eigenvalue weighted by Crippen LogP contribution is 2.31. The summed E-state index contributed by atoms with van der Waals surface area (Å²) in [6, 6.07) is 20.2. The summed E-state index contributed by atoms with van der Waals surface area (Å²) in [5.74, 6) is -0.217. The number of hydrogen-bond donors (Lipinski definition) is 0. The predicted molar refractivity (Wildman–Crippen MR) is 119 cm³/mol. The van der Waals surface area contributed by atoms with Crippen molar-refractivity contribution in [1.29, 1.82) is 0 Å². The maximum Gasteiger partial charge on any atom is 0.286 e. The second kappa shape index (κ2) is 8.67. The molecule has 0 atom stereocenters. The van der Waals surface area contributed by atoms with Gasteiger partial charge in [0.25, 0.3) is 5.91 Å². The van der Waals surface area contributed by atoms with Crippen molar-refractivity contribution in [2.24, 2.45) is 4.99 Å². The van der Waals surface area contributed by atoms with E-state index in [1.54, 1.807) is 6.08 Å². The number of nitrogens with zero attached hydrogens (tertiary/aromatic N) is 3. The molecule has 0 spiro atoms. The standard InChI is InChI=1S/C22H20ClN3OS/c23-18(15-17-7-3-1-4-8-17)16-20-21(27)24-22(28-20)26-13-11-25(12-14-26)19-9-5-2-6-10-19/h1-10,15-16H,11-14H2/b18-15-,20-16-. The number of amidine groups is 1. The molecule has 4 rings (SSSR count). The van der Waals surface area contributed by atoms with E-state index in [4.69, 9.17) is 11.6 Å². The number of carbonyl (C=O) groups excluding carboxylic acids is 1. The minimum absolute atomic E-state index is 0.217. The minimum atomic E-state index is -0.217. The van der Waals surface area contributed by atoms with E-state index in [1.165, 1.54) is 17.4 Å². The first kappa shape index (κ1) is 18.8. The van der Waals surface area contributed by atoms with Gasteiger partial charge in [0.2, 0.25) is 0 Å². The van der Waals surface area contributed by atoms with Crippen LogP contribution in [0.3, 0.4) is 0 Å². The molecule has 2 aromatic rings. The van der Waals surface area contributed by atoms with Gasteiger partial charge in [0.15, 0.2) is 5.17 Å². The highest BCUT2D eigenvalue weighted by molar-refractivity contribution is 8.18. The second-order valence-electron chi connectivity index (χ2n) is 6.56. The fourth-order valence-electron chi connectivity index (χ4n) is 3.20. The van der Waals surface area contributed by atoms with Crippen LogP contribution >= 0.6 is 23.4 Å². The second-order valence-corrected chi connectivity index (χ2v) is 8.01. The molecular formula is C22H20ClN3OS. The number of para-hydroxylation sites is 1. The first-order chi connectivity index (χ1) is 13.7. The lowest BCUT2D eigenvalue weighted by molar-refractivity contribution is -0.113. The quantitative estimate of drug-likeness (QED) is 0.694. The number of thioether (sulfide) groups is 1. The molecule has 6 heteroatoms. The molecule has 0 unspecified atom stereocenters. The van der Waals surface area contributed by atoms with Crippen LogP contribution in [0, 0.1) is 0 Å². The lowest BCUT2D eigenvalue weighted by atomic mass is 10.2. The fraction of sp³-hybridized carbons (Fsp3) is 0.182. The van der Waals surface area contributed by atoms with Crippen molar-refractivity contribution < 1.29 is 4.79 Å². The molecule has 0 radical (unpaired) electrons. The number of aliphatic imine (C=N–C) groups is 1. The Bertz CT molecular complexity index is 933. The van der Waals surface area contributed by atoms with Crippen LogP contribution in [-0.2, 0) is 4.79 Å². The number of amides is 1. The number of rotatable bonds is 3. The first-order valence-corrected chi connectivity index (χ1v) is 10.4. The molecule has 28 heavy (non-hydrogen) atoms. The zero-order valence-electron chi connectivity index (χ0n) is 15.3. The number of allylic oxidation sites excluding steroid dienone is 2. The molecule has 2 heterocycles. The summed E-state index contributed by atoms with van der Waals surface area (Å²) in [5.41, 5.74) is 2.23. The summed E-state index contributed by atoms with van der Waals surface area (Å²) in [7, 11) is 0. The molecule has 0 bridgehead atoms. The summed E-state index contributed by atoms with van der Waals surface area (Å²) in [6.07, 6.45) is 3.55. The molecule has 2 aliphatic rings. The van der Waals surface area contributed by atoms with Crippen molar-refractivity contribution in [2.75, 3.05) is 31.1 Å². The lowest BCUT2D eigenvalue weighted by Gasteiger charge is -2.36. The van der Waals surface area contributed by atoms with E-state index in [1.807, 2.05) is 42.5 Å². The molecule has 1 saturated heterocycles. The Morgan fingerprint density at radius 1 is 0.929 bits per heavy atom. The molecule has 2 aromatic carbocycles. The van der Waals surface area contributed by atoms with Gasteiger partial charge in [-0.2, -0.15) is 4.99 Å². The number of halogens is 1. The SMILES string of the molecule is O=C1N=C(N2CCN(c3ccccc3)CC2)S/C1=C\C(Cl)=C\c1ccccc1.